The van der Waals surface area contributed by atoms with E-state index in [-0.39, 0.29) is 9.37 Å². The van der Waals surface area contributed by atoms with Gasteiger partial charge in [0.05, 0.1) is 4.90 Å². The van der Waals surface area contributed by atoms with Crippen molar-refractivity contribution in [2.24, 2.45) is 5.92 Å². The van der Waals surface area contributed by atoms with E-state index in [2.05, 4.69) is 15.9 Å². The quantitative estimate of drug-likeness (QED) is 0.823. The Morgan fingerprint density at radius 2 is 2.05 bits per heavy atom. The van der Waals surface area contributed by atoms with Crippen molar-refractivity contribution in [3.63, 3.8) is 0 Å². The molecule has 0 saturated carbocycles. The molecular formula is C13H17BrFNO3S. The third-order valence-electron chi connectivity index (χ3n) is 3.49. The molecule has 0 amide bonds. The molecule has 0 aromatic heterocycles. The molecule has 0 bridgehead atoms. The molecule has 0 spiro atoms. The number of nitrogens with zero attached hydrogens (tertiary/aromatic N) is 1. The highest BCUT2D eigenvalue weighted by Gasteiger charge is 2.30. The molecule has 0 N–H and O–H groups in total. The highest BCUT2D eigenvalue weighted by Crippen LogP contribution is 2.29. The summed E-state index contributed by atoms with van der Waals surface area (Å²) in [5.74, 6) is -0.0577. The Kier molecular flexibility index (Phi) is 5.17. The monoisotopic (exact) mass is 365 g/mol. The van der Waals surface area contributed by atoms with E-state index >= 15 is 0 Å². The van der Waals surface area contributed by atoms with Gasteiger partial charge >= 0.3 is 0 Å². The highest BCUT2D eigenvalue weighted by molar-refractivity contribution is 9.10. The lowest BCUT2D eigenvalue weighted by Gasteiger charge is -2.31. The Balaban J connectivity index is 2.15. The van der Waals surface area contributed by atoms with Gasteiger partial charge in [-0.2, -0.15) is 4.31 Å². The van der Waals surface area contributed by atoms with Gasteiger partial charge in [-0.1, -0.05) is 0 Å². The maximum absolute atomic E-state index is 13.1. The molecule has 0 unspecified atom stereocenters. The molecule has 1 saturated heterocycles. The number of ether oxygens (including phenoxy) is 1. The van der Waals surface area contributed by atoms with Crippen molar-refractivity contribution in [2.45, 2.75) is 17.7 Å². The maximum Gasteiger partial charge on any atom is 0.244 e. The Morgan fingerprint density at radius 1 is 1.40 bits per heavy atom. The second kappa shape index (κ2) is 6.51. The molecule has 1 fully saturated rings. The van der Waals surface area contributed by atoms with Crippen LogP contribution in [0.2, 0.25) is 0 Å². The molecule has 2 rings (SSSR count). The van der Waals surface area contributed by atoms with E-state index in [0.717, 1.165) is 18.9 Å². The summed E-state index contributed by atoms with van der Waals surface area (Å²) in [6.07, 6.45) is 1.57. The molecule has 1 aromatic carbocycles. The molecule has 0 aliphatic carbocycles. The van der Waals surface area contributed by atoms with Crippen molar-refractivity contribution in [1.29, 1.82) is 0 Å². The lowest BCUT2D eigenvalue weighted by atomic mass is 9.99. The van der Waals surface area contributed by atoms with Crippen molar-refractivity contribution in [2.75, 3.05) is 26.8 Å². The smallest absolute Gasteiger partial charge is 0.244 e. The molecule has 1 aliphatic heterocycles. The van der Waals surface area contributed by atoms with Crippen LogP contribution in [0.25, 0.3) is 0 Å². The average molecular weight is 366 g/mol. The predicted octanol–water partition coefficient (Wildman–Crippen LogP) is 2.64. The number of benzene rings is 1. The second-order valence-corrected chi connectivity index (χ2v) is 7.64. The van der Waals surface area contributed by atoms with Crippen molar-refractivity contribution in [3.8, 4) is 0 Å². The summed E-state index contributed by atoms with van der Waals surface area (Å²) in [7, 11) is -1.92. The standard InChI is InChI=1S/C13H17BrFNO3S/c1-19-9-10-4-6-16(7-5-10)20(17,18)13-3-2-11(15)8-12(13)14/h2-3,8,10H,4-7,9H2,1H3. The fourth-order valence-corrected chi connectivity index (χ4v) is 4.86. The number of hydrogen-bond acceptors (Lipinski definition) is 3. The lowest BCUT2D eigenvalue weighted by molar-refractivity contribution is 0.121. The van der Waals surface area contributed by atoms with Crippen molar-refractivity contribution >= 4 is 26.0 Å². The molecule has 1 aromatic rings. The summed E-state index contributed by atoms with van der Waals surface area (Å²) in [4.78, 5) is 0.115. The molecule has 1 aliphatic rings. The number of piperidine rings is 1. The van der Waals surface area contributed by atoms with Gasteiger partial charge in [0.25, 0.3) is 0 Å². The summed E-state index contributed by atoms with van der Waals surface area (Å²) in [6, 6.07) is 3.63. The van der Waals surface area contributed by atoms with Crippen LogP contribution < -0.4 is 0 Å². The SMILES string of the molecule is COCC1CCN(S(=O)(=O)c2ccc(F)cc2Br)CC1. The van der Waals surface area contributed by atoms with Crippen molar-refractivity contribution < 1.29 is 17.5 Å². The third-order valence-corrected chi connectivity index (χ3v) is 6.36. The first-order chi connectivity index (χ1) is 9.45. The molecule has 0 atom stereocenters. The van der Waals surface area contributed by atoms with Gasteiger partial charge in [-0.25, -0.2) is 12.8 Å². The van der Waals surface area contributed by atoms with E-state index in [1.807, 2.05) is 0 Å². The van der Waals surface area contributed by atoms with E-state index in [4.69, 9.17) is 4.74 Å². The van der Waals surface area contributed by atoms with Crippen LogP contribution in [0.1, 0.15) is 12.8 Å². The number of rotatable bonds is 4. The summed E-state index contributed by atoms with van der Waals surface area (Å²) in [5, 5.41) is 0. The average Bonchev–Trinajstić information content (AvgIpc) is 2.39. The molecule has 0 radical (unpaired) electrons. The van der Waals surface area contributed by atoms with Gasteiger partial charge in [-0.05, 0) is 52.9 Å². The minimum Gasteiger partial charge on any atom is -0.384 e. The first-order valence-corrected chi connectivity index (χ1v) is 8.62. The van der Waals surface area contributed by atoms with Crippen LogP contribution in [0.15, 0.2) is 27.6 Å². The summed E-state index contributed by atoms with van der Waals surface area (Å²) >= 11 is 3.12. The fraction of sp³-hybridized carbons (Fsp3) is 0.538. The van der Waals surface area contributed by atoms with Crippen molar-refractivity contribution in [3.05, 3.63) is 28.5 Å². The highest BCUT2D eigenvalue weighted by atomic mass is 79.9. The Bertz CT molecular complexity index is 571. The number of hydrogen-bond donors (Lipinski definition) is 0. The van der Waals surface area contributed by atoms with Crippen LogP contribution >= 0.6 is 15.9 Å². The second-order valence-electron chi connectivity index (χ2n) is 4.88. The zero-order valence-electron chi connectivity index (χ0n) is 11.2. The molecule has 4 nitrogen and oxygen atoms in total. The van der Waals surface area contributed by atoms with Crippen LogP contribution in [0, 0.1) is 11.7 Å². The van der Waals surface area contributed by atoms with Gasteiger partial charge < -0.3 is 4.74 Å². The molecular weight excluding hydrogens is 349 g/mol. The first-order valence-electron chi connectivity index (χ1n) is 6.39. The molecule has 7 heteroatoms. The van der Waals surface area contributed by atoms with Gasteiger partial charge in [-0.3, -0.25) is 0 Å². The zero-order valence-corrected chi connectivity index (χ0v) is 13.6. The van der Waals surface area contributed by atoms with Crippen LogP contribution in [-0.4, -0.2) is 39.5 Å². The van der Waals surface area contributed by atoms with E-state index in [9.17, 15) is 12.8 Å². The minimum atomic E-state index is -3.57. The molecule has 112 valence electrons. The summed E-state index contributed by atoms with van der Waals surface area (Å²) < 4.78 is 44.9. The van der Waals surface area contributed by atoms with Crippen LogP contribution in [0.3, 0.4) is 0 Å². The lowest BCUT2D eigenvalue weighted by Crippen LogP contribution is -2.39. The van der Waals surface area contributed by atoms with E-state index in [1.165, 1.54) is 16.4 Å². The summed E-state index contributed by atoms with van der Waals surface area (Å²) in [5.41, 5.74) is 0. The number of methoxy groups -OCH3 is 1. The summed E-state index contributed by atoms with van der Waals surface area (Å²) in [6.45, 7) is 1.61. The van der Waals surface area contributed by atoms with Crippen LogP contribution in [-0.2, 0) is 14.8 Å². The molecule has 1 heterocycles. The van der Waals surface area contributed by atoms with Crippen LogP contribution in [0.5, 0.6) is 0 Å². The normalized spacial score (nSPS) is 18.4. The third kappa shape index (κ3) is 3.39. The van der Waals surface area contributed by atoms with E-state index < -0.39 is 15.8 Å². The van der Waals surface area contributed by atoms with E-state index in [0.29, 0.717) is 25.6 Å². The van der Waals surface area contributed by atoms with Gasteiger partial charge in [-0.15, -0.1) is 0 Å². The fourth-order valence-electron chi connectivity index (χ4n) is 2.38. The minimum absolute atomic E-state index is 0.115. The first kappa shape index (κ1) is 15.9. The largest absolute Gasteiger partial charge is 0.384 e. The van der Waals surface area contributed by atoms with Gasteiger partial charge in [0.1, 0.15) is 5.82 Å². The Morgan fingerprint density at radius 3 is 2.60 bits per heavy atom. The van der Waals surface area contributed by atoms with E-state index in [1.54, 1.807) is 7.11 Å². The maximum atomic E-state index is 13.1. The van der Waals surface area contributed by atoms with Gasteiger partial charge in [0.2, 0.25) is 10.0 Å². The zero-order chi connectivity index (χ0) is 14.8. The van der Waals surface area contributed by atoms with Crippen molar-refractivity contribution in [1.82, 2.24) is 4.31 Å². The molecule has 20 heavy (non-hydrogen) atoms. The number of halogens is 2. The Hall–Kier alpha value is -0.500. The topological polar surface area (TPSA) is 46.6 Å². The Labute approximate surface area is 127 Å². The predicted molar refractivity (Wildman–Crippen MR) is 77.5 cm³/mol. The van der Waals surface area contributed by atoms with Gasteiger partial charge in [0, 0.05) is 31.3 Å². The number of sulfonamides is 1. The van der Waals surface area contributed by atoms with Gasteiger partial charge in [0.15, 0.2) is 0 Å². The van der Waals surface area contributed by atoms with Crippen LogP contribution in [0.4, 0.5) is 4.39 Å².